The van der Waals surface area contributed by atoms with E-state index in [0.29, 0.717) is 18.1 Å². The van der Waals surface area contributed by atoms with Gasteiger partial charge in [-0.15, -0.1) is 0 Å². The van der Waals surface area contributed by atoms with E-state index >= 15 is 0 Å². The summed E-state index contributed by atoms with van der Waals surface area (Å²) < 4.78 is 0. The predicted octanol–water partition coefficient (Wildman–Crippen LogP) is 4.79. The lowest BCUT2D eigenvalue weighted by molar-refractivity contribution is -0.120. The van der Waals surface area contributed by atoms with Crippen molar-refractivity contribution in [2.75, 3.05) is 0 Å². The fourth-order valence-electron chi connectivity index (χ4n) is 2.30. The van der Waals surface area contributed by atoms with Crippen molar-refractivity contribution in [3.05, 3.63) is 35.9 Å². The van der Waals surface area contributed by atoms with Crippen LogP contribution in [0.2, 0.25) is 0 Å². The lowest BCUT2D eigenvalue weighted by Crippen LogP contribution is -2.09. The highest BCUT2D eigenvalue weighted by molar-refractivity contribution is 5.78. The molecule has 0 bridgehead atoms. The molecule has 0 heterocycles. The van der Waals surface area contributed by atoms with Crippen LogP contribution in [0.3, 0.4) is 0 Å². The van der Waals surface area contributed by atoms with E-state index in [1.54, 1.807) is 0 Å². The van der Waals surface area contributed by atoms with Crippen LogP contribution in [0.25, 0.3) is 0 Å². The van der Waals surface area contributed by atoms with Crippen molar-refractivity contribution >= 4 is 5.78 Å². The summed E-state index contributed by atoms with van der Waals surface area (Å²) >= 11 is 0. The molecule has 1 rings (SSSR count). The molecule has 0 saturated carbocycles. The van der Waals surface area contributed by atoms with Gasteiger partial charge in [0.1, 0.15) is 5.78 Å². The van der Waals surface area contributed by atoms with Crippen molar-refractivity contribution in [3.8, 4) is 0 Å². The zero-order chi connectivity index (χ0) is 13.2. The molecular weight excluding hydrogens is 220 g/mol. The molecule has 1 atom stereocenters. The Morgan fingerprint density at radius 1 is 1.17 bits per heavy atom. The molecule has 0 fully saturated rings. The largest absolute Gasteiger partial charge is 0.300 e. The van der Waals surface area contributed by atoms with Crippen LogP contribution >= 0.6 is 0 Å². The van der Waals surface area contributed by atoms with Crippen LogP contribution in [0.15, 0.2) is 30.3 Å². The highest BCUT2D eigenvalue weighted by Gasteiger charge is 2.11. The molecule has 1 heteroatoms. The molecule has 0 radical (unpaired) electrons. The Morgan fingerprint density at radius 2 is 1.89 bits per heavy atom. The maximum Gasteiger partial charge on any atom is 0.133 e. The first-order valence-corrected chi connectivity index (χ1v) is 7.31. The predicted molar refractivity (Wildman–Crippen MR) is 77.7 cm³/mol. The number of rotatable bonds is 9. The standard InChI is InChI=1S/C17H26O/c1-3-5-9-15(4-2)14-17(18)13-12-16-10-7-6-8-11-16/h6-8,10-11,15H,3-5,9,12-14H2,1-2H3. The number of benzene rings is 1. The van der Waals surface area contributed by atoms with Crippen LogP contribution in [0.1, 0.15) is 57.9 Å². The molecule has 0 aliphatic carbocycles. The van der Waals surface area contributed by atoms with Crippen molar-refractivity contribution in [2.24, 2.45) is 5.92 Å². The molecule has 18 heavy (non-hydrogen) atoms. The van der Waals surface area contributed by atoms with E-state index in [1.807, 2.05) is 18.2 Å². The average Bonchev–Trinajstić information content (AvgIpc) is 2.42. The number of carbonyl (C=O) groups excluding carboxylic acids is 1. The Morgan fingerprint density at radius 3 is 2.50 bits per heavy atom. The summed E-state index contributed by atoms with van der Waals surface area (Å²) in [5, 5.41) is 0. The van der Waals surface area contributed by atoms with Gasteiger partial charge in [-0.2, -0.15) is 0 Å². The molecule has 1 unspecified atom stereocenters. The molecule has 1 aromatic carbocycles. The molecule has 0 aliphatic rings. The van der Waals surface area contributed by atoms with E-state index in [-0.39, 0.29) is 0 Å². The maximum absolute atomic E-state index is 11.9. The molecule has 1 aromatic rings. The average molecular weight is 246 g/mol. The third-order valence-corrected chi connectivity index (χ3v) is 3.59. The van der Waals surface area contributed by atoms with Gasteiger partial charge in [0, 0.05) is 12.8 Å². The van der Waals surface area contributed by atoms with Crippen LogP contribution in [-0.4, -0.2) is 5.78 Å². The second-order valence-corrected chi connectivity index (χ2v) is 5.14. The van der Waals surface area contributed by atoms with Gasteiger partial charge in [0.25, 0.3) is 0 Å². The molecule has 0 aromatic heterocycles. The second kappa shape index (κ2) is 8.91. The van der Waals surface area contributed by atoms with Gasteiger partial charge in [-0.25, -0.2) is 0 Å². The van der Waals surface area contributed by atoms with E-state index < -0.39 is 0 Å². The van der Waals surface area contributed by atoms with Crippen LogP contribution in [0.4, 0.5) is 0 Å². The number of aryl methyl sites for hydroxylation is 1. The summed E-state index contributed by atoms with van der Waals surface area (Å²) in [6, 6.07) is 10.3. The van der Waals surface area contributed by atoms with Crippen LogP contribution in [-0.2, 0) is 11.2 Å². The molecule has 1 nitrogen and oxygen atoms in total. The molecule has 0 N–H and O–H groups in total. The van der Waals surface area contributed by atoms with E-state index in [0.717, 1.165) is 19.3 Å². The lowest BCUT2D eigenvalue weighted by Gasteiger charge is -2.13. The van der Waals surface area contributed by atoms with Crippen molar-refractivity contribution in [3.63, 3.8) is 0 Å². The summed E-state index contributed by atoms with van der Waals surface area (Å²) in [4.78, 5) is 11.9. The van der Waals surface area contributed by atoms with Gasteiger partial charge in [0.2, 0.25) is 0 Å². The van der Waals surface area contributed by atoms with Crippen molar-refractivity contribution in [2.45, 2.75) is 58.8 Å². The molecule has 0 spiro atoms. The van der Waals surface area contributed by atoms with Gasteiger partial charge in [0.15, 0.2) is 0 Å². The highest BCUT2D eigenvalue weighted by atomic mass is 16.1. The zero-order valence-electron chi connectivity index (χ0n) is 11.8. The summed E-state index contributed by atoms with van der Waals surface area (Å²) in [6.07, 6.45) is 7.21. The monoisotopic (exact) mass is 246 g/mol. The van der Waals surface area contributed by atoms with Gasteiger partial charge < -0.3 is 0 Å². The number of Topliss-reactive ketones (excluding diaryl/α,β-unsaturated/α-hetero) is 1. The zero-order valence-corrected chi connectivity index (χ0v) is 11.8. The van der Waals surface area contributed by atoms with Crippen LogP contribution in [0, 0.1) is 5.92 Å². The number of hydrogen-bond acceptors (Lipinski definition) is 1. The quantitative estimate of drug-likeness (QED) is 0.612. The summed E-state index contributed by atoms with van der Waals surface area (Å²) in [6.45, 7) is 4.41. The van der Waals surface area contributed by atoms with E-state index in [1.165, 1.54) is 24.8 Å². The fraction of sp³-hybridized carbons (Fsp3) is 0.588. The van der Waals surface area contributed by atoms with Gasteiger partial charge in [0.05, 0.1) is 0 Å². The smallest absolute Gasteiger partial charge is 0.133 e. The minimum atomic E-state index is 0.432. The Labute approximate surface area is 112 Å². The molecule has 0 amide bonds. The third kappa shape index (κ3) is 6.00. The first-order chi connectivity index (χ1) is 8.76. The topological polar surface area (TPSA) is 17.1 Å². The summed E-state index contributed by atoms with van der Waals surface area (Å²) in [7, 11) is 0. The second-order valence-electron chi connectivity index (χ2n) is 5.14. The summed E-state index contributed by atoms with van der Waals surface area (Å²) in [5.41, 5.74) is 1.27. The summed E-state index contributed by atoms with van der Waals surface area (Å²) in [5.74, 6) is 1.04. The van der Waals surface area contributed by atoms with Crippen LogP contribution in [0.5, 0.6) is 0 Å². The first-order valence-electron chi connectivity index (χ1n) is 7.31. The van der Waals surface area contributed by atoms with E-state index in [4.69, 9.17) is 0 Å². The van der Waals surface area contributed by atoms with Gasteiger partial charge in [-0.05, 0) is 17.9 Å². The fourth-order valence-corrected chi connectivity index (χ4v) is 2.30. The first kappa shape index (κ1) is 14.9. The van der Waals surface area contributed by atoms with Gasteiger partial charge >= 0.3 is 0 Å². The Kier molecular flexibility index (Phi) is 7.40. The molecule has 0 saturated heterocycles. The van der Waals surface area contributed by atoms with Crippen LogP contribution < -0.4 is 0 Å². The Bertz CT molecular complexity index is 329. The van der Waals surface area contributed by atoms with E-state index in [2.05, 4.69) is 26.0 Å². The highest BCUT2D eigenvalue weighted by Crippen LogP contribution is 2.18. The number of carbonyl (C=O) groups is 1. The minimum Gasteiger partial charge on any atom is -0.300 e. The molecule has 0 aliphatic heterocycles. The third-order valence-electron chi connectivity index (χ3n) is 3.59. The maximum atomic E-state index is 11.9. The minimum absolute atomic E-state index is 0.432. The number of hydrogen-bond donors (Lipinski definition) is 0. The Balaban J connectivity index is 2.28. The molecular formula is C17H26O. The van der Waals surface area contributed by atoms with Gasteiger partial charge in [-0.1, -0.05) is 69.9 Å². The normalized spacial score (nSPS) is 12.3. The van der Waals surface area contributed by atoms with Crippen molar-refractivity contribution < 1.29 is 4.79 Å². The Hall–Kier alpha value is -1.11. The van der Waals surface area contributed by atoms with E-state index in [9.17, 15) is 4.79 Å². The van der Waals surface area contributed by atoms with Crippen molar-refractivity contribution in [1.29, 1.82) is 0 Å². The number of unbranched alkanes of at least 4 members (excludes halogenated alkanes) is 1. The van der Waals surface area contributed by atoms with Crippen molar-refractivity contribution in [1.82, 2.24) is 0 Å². The SMILES string of the molecule is CCCCC(CC)CC(=O)CCc1ccccc1. The lowest BCUT2D eigenvalue weighted by atomic mass is 9.92. The number of ketones is 1. The van der Waals surface area contributed by atoms with Gasteiger partial charge in [-0.3, -0.25) is 4.79 Å². The molecule has 100 valence electrons.